The van der Waals surface area contributed by atoms with Gasteiger partial charge in [-0.15, -0.1) is 0 Å². The van der Waals surface area contributed by atoms with Gasteiger partial charge in [0.15, 0.2) is 0 Å². The van der Waals surface area contributed by atoms with E-state index in [1.54, 1.807) is 24.3 Å². The Hall–Kier alpha value is -3.68. The van der Waals surface area contributed by atoms with Crippen molar-refractivity contribution < 1.29 is 33.1 Å². The molecule has 0 aliphatic heterocycles. The number of carbonyl (C=O) groups excluding carboxylic acids is 1. The second-order valence-corrected chi connectivity index (χ2v) is 5.85. The van der Waals surface area contributed by atoms with E-state index in [9.17, 15) is 14.0 Å². The highest BCUT2D eigenvalue weighted by atomic mass is 19.1. The minimum atomic E-state index is -0.915. The van der Waals surface area contributed by atoms with Crippen LogP contribution in [-0.2, 0) is 11.2 Å². The number of ether oxygens (including phenoxy) is 2. The van der Waals surface area contributed by atoms with Crippen LogP contribution in [0.4, 0.5) is 4.39 Å². The van der Waals surface area contributed by atoms with E-state index < -0.39 is 17.8 Å². The van der Waals surface area contributed by atoms with E-state index in [-0.39, 0.29) is 29.2 Å². The summed E-state index contributed by atoms with van der Waals surface area (Å²) in [4.78, 5) is 22.9. The molecular weight excluding hydrogens is 369 g/mol. The van der Waals surface area contributed by atoms with Crippen molar-refractivity contribution in [3.63, 3.8) is 0 Å². The Morgan fingerprint density at radius 1 is 1.14 bits per heavy atom. The monoisotopic (exact) mass is 385 g/mol. The third kappa shape index (κ3) is 4.53. The topological polar surface area (TPSA) is 98.9 Å². The summed E-state index contributed by atoms with van der Waals surface area (Å²) in [5.41, 5.74) is 0.959. The van der Waals surface area contributed by atoms with Gasteiger partial charge in [-0.3, -0.25) is 4.79 Å². The van der Waals surface area contributed by atoms with Crippen molar-refractivity contribution in [2.75, 3.05) is 7.11 Å². The number of halogens is 1. The lowest BCUT2D eigenvalue weighted by Gasteiger charge is -2.04. The van der Waals surface area contributed by atoms with Crippen molar-refractivity contribution in [3.05, 3.63) is 65.7 Å². The molecule has 0 radical (unpaired) electrons. The summed E-state index contributed by atoms with van der Waals surface area (Å²) in [7, 11) is 1.45. The summed E-state index contributed by atoms with van der Waals surface area (Å²) in [5.74, 6) is -1.80. The summed E-state index contributed by atoms with van der Waals surface area (Å²) < 4.78 is 29.3. The van der Waals surface area contributed by atoms with Crippen LogP contribution in [0.25, 0.3) is 11.3 Å². The van der Waals surface area contributed by atoms with Gasteiger partial charge in [0.2, 0.25) is 5.76 Å². The van der Waals surface area contributed by atoms with Crippen molar-refractivity contribution in [2.24, 2.45) is 0 Å². The second-order valence-electron chi connectivity index (χ2n) is 5.85. The molecule has 3 aromatic rings. The molecule has 1 aromatic heterocycles. The first-order chi connectivity index (χ1) is 13.5. The molecule has 144 valence electrons. The maximum absolute atomic E-state index is 14.0. The predicted molar refractivity (Wildman–Crippen MR) is 95.8 cm³/mol. The van der Waals surface area contributed by atoms with E-state index in [0.29, 0.717) is 17.7 Å². The number of methoxy groups -OCH3 is 1. The highest BCUT2D eigenvalue weighted by Gasteiger charge is 2.19. The summed E-state index contributed by atoms with van der Waals surface area (Å²) in [6.07, 6.45) is 0.275. The first-order valence-corrected chi connectivity index (χ1v) is 8.30. The fourth-order valence-corrected chi connectivity index (χ4v) is 2.50. The van der Waals surface area contributed by atoms with Crippen LogP contribution in [0.3, 0.4) is 0 Å². The number of nitrogens with zero attached hydrogens (tertiary/aromatic N) is 1. The molecular formula is C20H16FNO6. The molecule has 8 heteroatoms. The normalized spacial score (nSPS) is 10.5. The lowest BCUT2D eigenvalue weighted by molar-refractivity contribution is -0.136. The lowest BCUT2D eigenvalue weighted by atomic mass is 10.1. The molecule has 0 aliphatic rings. The molecule has 28 heavy (non-hydrogen) atoms. The Morgan fingerprint density at radius 2 is 1.96 bits per heavy atom. The molecule has 7 nitrogen and oxygen atoms in total. The fourth-order valence-electron chi connectivity index (χ4n) is 2.50. The molecule has 0 fully saturated rings. The van der Waals surface area contributed by atoms with Gasteiger partial charge in [-0.2, -0.15) is 0 Å². The van der Waals surface area contributed by atoms with Crippen LogP contribution in [0.2, 0.25) is 0 Å². The number of aliphatic carboxylic acids is 1. The molecule has 0 saturated heterocycles. The van der Waals surface area contributed by atoms with Gasteiger partial charge in [0, 0.05) is 18.1 Å². The van der Waals surface area contributed by atoms with Gasteiger partial charge in [-0.1, -0.05) is 17.3 Å². The number of aromatic nitrogens is 1. The zero-order valence-electron chi connectivity index (χ0n) is 14.8. The van der Waals surface area contributed by atoms with Crippen molar-refractivity contribution in [3.8, 4) is 22.8 Å². The number of carboxylic acids is 1. The van der Waals surface area contributed by atoms with Gasteiger partial charge in [0.1, 0.15) is 23.0 Å². The largest absolute Gasteiger partial charge is 0.497 e. The molecule has 0 amide bonds. The van der Waals surface area contributed by atoms with Gasteiger partial charge in [-0.25, -0.2) is 9.18 Å². The SMILES string of the molecule is COc1ccc(F)c(-c2cc(C(=O)Oc3cccc(CCC(=O)O)c3)on2)c1. The van der Waals surface area contributed by atoms with Crippen molar-refractivity contribution in [1.29, 1.82) is 0 Å². The lowest BCUT2D eigenvalue weighted by Crippen LogP contribution is -2.07. The zero-order chi connectivity index (χ0) is 20.1. The van der Waals surface area contributed by atoms with Crippen molar-refractivity contribution in [2.45, 2.75) is 12.8 Å². The Balaban J connectivity index is 1.75. The van der Waals surface area contributed by atoms with Gasteiger partial charge >= 0.3 is 11.9 Å². The number of rotatable bonds is 7. The Labute approximate surface area is 159 Å². The average Bonchev–Trinajstić information content (AvgIpc) is 3.17. The summed E-state index contributed by atoms with van der Waals surface area (Å²) in [6.45, 7) is 0. The van der Waals surface area contributed by atoms with Gasteiger partial charge in [0.25, 0.3) is 0 Å². The minimum Gasteiger partial charge on any atom is -0.497 e. The minimum absolute atomic E-state index is 0.0328. The predicted octanol–water partition coefficient (Wildman–Crippen LogP) is 3.73. The third-order valence-corrected chi connectivity index (χ3v) is 3.90. The molecule has 0 saturated carbocycles. The number of aryl methyl sites for hydroxylation is 1. The Kier molecular flexibility index (Phi) is 5.69. The molecule has 3 rings (SSSR count). The van der Waals surface area contributed by atoms with Gasteiger partial charge < -0.3 is 19.1 Å². The molecule has 0 bridgehead atoms. The summed E-state index contributed by atoms with van der Waals surface area (Å²) >= 11 is 0. The van der Waals surface area contributed by atoms with Crippen LogP contribution in [-0.4, -0.2) is 29.3 Å². The van der Waals surface area contributed by atoms with E-state index in [1.807, 2.05) is 0 Å². The van der Waals surface area contributed by atoms with E-state index in [4.69, 9.17) is 19.1 Å². The number of benzene rings is 2. The smallest absolute Gasteiger partial charge is 0.382 e. The first-order valence-electron chi connectivity index (χ1n) is 8.30. The number of carboxylic acid groups (broad SMARTS) is 1. The molecule has 1 heterocycles. The second kappa shape index (κ2) is 8.34. The molecule has 0 aliphatic carbocycles. The number of carbonyl (C=O) groups is 2. The molecule has 0 unspecified atom stereocenters. The average molecular weight is 385 g/mol. The van der Waals surface area contributed by atoms with Crippen LogP contribution in [0.1, 0.15) is 22.5 Å². The van der Waals surface area contributed by atoms with E-state index in [0.717, 1.165) is 0 Å². The molecule has 0 spiro atoms. The Bertz CT molecular complexity index is 1010. The maximum atomic E-state index is 14.0. The molecule has 1 N–H and O–H groups in total. The zero-order valence-corrected chi connectivity index (χ0v) is 14.8. The van der Waals surface area contributed by atoms with Crippen LogP contribution >= 0.6 is 0 Å². The van der Waals surface area contributed by atoms with Crippen LogP contribution in [0, 0.1) is 5.82 Å². The first kappa shape index (κ1) is 19.1. The van der Waals surface area contributed by atoms with E-state index >= 15 is 0 Å². The third-order valence-electron chi connectivity index (χ3n) is 3.90. The standard InChI is InChI=1S/C20H16FNO6/c1-26-13-6-7-16(21)15(10-13)17-11-18(28-22-17)20(25)27-14-4-2-3-12(9-14)5-8-19(23)24/h2-4,6-7,9-11H,5,8H2,1H3,(H,23,24). The number of esters is 1. The fraction of sp³-hybridized carbons (Fsp3) is 0.150. The van der Waals surface area contributed by atoms with Crippen molar-refractivity contribution >= 4 is 11.9 Å². The summed E-state index contributed by atoms with van der Waals surface area (Å²) in [6, 6.07) is 11.9. The Morgan fingerprint density at radius 3 is 2.71 bits per heavy atom. The number of hydrogen-bond donors (Lipinski definition) is 1. The van der Waals surface area contributed by atoms with Crippen LogP contribution in [0.15, 0.2) is 53.1 Å². The van der Waals surface area contributed by atoms with Crippen molar-refractivity contribution in [1.82, 2.24) is 5.16 Å². The quantitative estimate of drug-likeness (QED) is 0.489. The van der Waals surface area contributed by atoms with Gasteiger partial charge in [-0.05, 0) is 42.3 Å². The van der Waals surface area contributed by atoms with Gasteiger partial charge in [0.05, 0.1) is 7.11 Å². The van der Waals surface area contributed by atoms with Crippen LogP contribution < -0.4 is 9.47 Å². The molecule has 0 atom stereocenters. The van der Waals surface area contributed by atoms with E-state index in [2.05, 4.69) is 5.16 Å². The summed E-state index contributed by atoms with van der Waals surface area (Å²) in [5, 5.41) is 12.5. The molecule has 2 aromatic carbocycles. The maximum Gasteiger partial charge on any atom is 0.382 e. The van der Waals surface area contributed by atoms with E-state index in [1.165, 1.54) is 31.4 Å². The van der Waals surface area contributed by atoms with Crippen LogP contribution in [0.5, 0.6) is 11.5 Å². The highest BCUT2D eigenvalue weighted by molar-refractivity contribution is 5.89. The number of hydrogen-bond acceptors (Lipinski definition) is 6. The highest BCUT2D eigenvalue weighted by Crippen LogP contribution is 2.27.